The lowest BCUT2D eigenvalue weighted by atomic mass is 10.0. The molecular formula is C13H18N2O2. The predicted octanol–water partition coefficient (Wildman–Crippen LogP) is 1.87. The molecule has 4 heteroatoms. The van der Waals surface area contributed by atoms with Gasteiger partial charge in [-0.3, -0.25) is 0 Å². The van der Waals surface area contributed by atoms with Crippen LogP contribution in [0.1, 0.15) is 25.0 Å². The molecule has 0 radical (unpaired) electrons. The van der Waals surface area contributed by atoms with E-state index in [1.54, 1.807) is 0 Å². The zero-order chi connectivity index (χ0) is 12.1. The van der Waals surface area contributed by atoms with Crippen molar-refractivity contribution in [3.05, 3.63) is 35.9 Å². The Hall–Kier alpha value is -1.55. The zero-order valence-corrected chi connectivity index (χ0v) is 10.0. The highest BCUT2D eigenvalue weighted by atomic mass is 16.5. The Morgan fingerprint density at radius 2 is 2.24 bits per heavy atom. The Bertz CT molecular complexity index is 378. The largest absolute Gasteiger partial charge is 0.463 e. The first-order valence-electron chi connectivity index (χ1n) is 5.94. The van der Waals surface area contributed by atoms with Crippen molar-refractivity contribution in [1.29, 1.82) is 0 Å². The van der Waals surface area contributed by atoms with Crippen molar-refractivity contribution in [3.8, 4) is 0 Å². The fourth-order valence-corrected chi connectivity index (χ4v) is 1.88. The summed E-state index contributed by atoms with van der Waals surface area (Å²) < 4.78 is 11.1. The molecule has 1 aromatic carbocycles. The Kier molecular flexibility index (Phi) is 3.98. The van der Waals surface area contributed by atoms with Gasteiger partial charge in [0.2, 0.25) is 0 Å². The minimum absolute atomic E-state index is 0.0380. The van der Waals surface area contributed by atoms with Gasteiger partial charge in [0.05, 0.1) is 0 Å². The van der Waals surface area contributed by atoms with Crippen molar-refractivity contribution < 1.29 is 9.47 Å². The summed E-state index contributed by atoms with van der Waals surface area (Å²) in [6.45, 7) is 3.30. The van der Waals surface area contributed by atoms with Crippen LogP contribution in [0.25, 0.3) is 0 Å². The van der Waals surface area contributed by atoms with Gasteiger partial charge in [-0.2, -0.15) is 0 Å². The van der Waals surface area contributed by atoms with Crippen LogP contribution in [0.4, 0.5) is 0 Å². The molecule has 2 N–H and O–H groups in total. The Morgan fingerprint density at radius 1 is 1.47 bits per heavy atom. The summed E-state index contributed by atoms with van der Waals surface area (Å²) in [7, 11) is 0. The predicted molar refractivity (Wildman–Crippen MR) is 66.8 cm³/mol. The molecule has 2 rings (SSSR count). The molecule has 0 bridgehead atoms. The van der Waals surface area contributed by atoms with Gasteiger partial charge in [0.15, 0.2) is 0 Å². The monoisotopic (exact) mass is 234 g/mol. The van der Waals surface area contributed by atoms with E-state index >= 15 is 0 Å². The smallest absolute Gasteiger partial charge is 0.282 e. The molecule has 2 atom stereocenters. The van der Waals surface area contributed by atoms with Crippen LogP contribution in [0.15, 0.2) is 35.3 Å². The van der Waals surface area contributed by atoms with E-state index in [1.165, 1.54) is 0 Å². The van der Waals surface area contributed by atoms with Gasteiger partial charge in [0.1, 0.15) is 18.8 Å². The highest BCUT2D eigenvalue weighted by molar-refractivity contribution is 5.73. The summed E-state index contributed by atoms with van der Waals surface area (Å²) >= 11 is 0. The Labute approximate surface area is 101 Å². The molecule has 0 amide bonds. The normalized spacial score (nSPS) is 20.8. The first kappa shape index (κ1) is 11.9. The first-order chi connectivity index (χ1) is 8.31. The Balaban J connectivity index is 2.14. The molecule has 0 spiro atoms. The molecule has 17 heavy (non-hydrogen) atoms. The molecule has 1 heterocycles. The lowest BCUT2D eigenvalue weighted by Gasteiger charge is -2.21. The van der Waals surface area contributed by atoms with Crippen LogP contribution in [0.3, 0.4) is 0 Å². The molecule has 0 unspecified atom stereocenters. The second-order valence-electron chi connectivity index (χ2n) is 4.05. The van der Waals surface area contributed by atoms with Crippen LogP contribution in [0, 0.1) is 0 Å². The third-order valence-corrected chi connectivity index (χ3v) is 2.67. The van der Waals surface area contributed by atoms with E-state index in [4.69, 9.17) is 15.2 Å². The van der Waals surface area contributed by atoms with Gasteiger partial charge in [-0.25, -0.2) is 4.99 Å². The number of amidine groups is 1. The van der Waals surface area contributed by atoms with Crippen LogP contribution in [0.5, 0.6) is 0 Å². The first-order valence-corrected chi connectivity index (χ1v) is 5.94. The van der Waals surface area contributed by atoms with Gasteiger partial charge >= 0.3 is 0 Å². The summed E-state index contributed by atoms with van der Waals surface area (Å²) in [4.78, 5) is 4.27. The highest BCUT2D eigenvalue weighted by Gasteiger charge is 2.28. The standard InChI is InChI=1S/C13H18N2O2/c1-2-8-16-12(10-6-4-3-5-7-10)11-9-17-13(14)15-11/h3-7,11-12H,2,8-9H2,1H3,(H2,14,15)/t11-,12+/m0/s1. The highest BCUT2D eigenvalue weighted by Crippen LogP contribution is 2.26. The molecule has 92 valence electrons. The molecule has 4 nitrogen and oxygen atoms in total. The van der Waals surface area contributed by atoms with Crippen LogP contribution in [-0.4, -0.2) is 25.3 Å². The third-order valence-electron chi connectivity index (χ3n) is 2.67. The van der Waals surface area contributed by atoms with Crippen molar-refractivity contribution in [2.24, 2.45) is 10.7 Å². The van der Waals surface area contributed by atoms with Gasteiger partial charge < -0.3 is 15.2 Å². The third kappa shape index (κ3) is 2.97. The molecule has 0 fully saturated rings. The zero-order valence-electron chi connectivity index (χ0n) is 10.0. The van der Waals surface area contributed by atoms with Crippen LogP contribution >= 0.6 is 0 Å². The molecule has 0 saturated heterocycles. The summed E-state index contributed by atoms with van der Waals surface area (Å²) in [6.07, 6.45) is 0.910. The van der Waals surface area contributed by atoms with Gasteiger partial charge in [-0.05, 0) is 12.0 Å². The fraction of sp³-hybridized carbons (Fsp3) is 0.462. The number of ether oxygens (including phenoxy) is 2. The number of nitrogens with two attached hydrogens (primary N) is 1. The van der Waals surface area contributed by atoms with E-state index in [-0.39, 0.29) is 18.2 Å². The minimum Gasteiger partial charge on any atom is -0.463 e. The van der Waals surface area contributed by atoms with Gasteiger partial charge in [0.25, 0.3) is 6.02 Å². The number of benzene rings is 1. The summed E-state index contributed by atoms with van der Waals surface area (Å²) in [6, 6.07) is 10.3. The topological polar surface area (TPSA) is 56.8 Å². The minimum atomic E-state index is -0.0720. The number of hydrogen-bond donors (Lipinski definition) is 1. The van der Waals surface area contributed by atoms with Gasteiger partial charge in [0, 0.05) is 6.61 Å². The number of rotatable bonds is 5. The van der Waals surface area contributed by atoms with E-state index in [0.29, 0.717) is 13.2 Å². The number of nitrogens with zero attached hydrogens (tertiary/aromatic N) is 1. The molecule has 0 aromatic heterocycles. The van der Waals surface area contributed by atoms with Crippen LogP contribution in [0.2, 0.25) is 0 Å². The SMILES string of the molecule is CCCO[C@H](c1ccccc1)[C@@H]1COC(N)=N1. The molecule has 0 aliphatic carbocycles. The van der Waals surface area contributed by atoms with E-state index < -0.39 is 0 Å². The molecule has 1 aliphatic rings. The molecular weight excluding hydrogens is 216 g/mol. The van der Waals surface area contributed by atoms with Gasteiger partial charge in [-0.15, -0.1) is 0 Å². The molecule has 1 aliphatic heterocycles. The van der Waals surface area contributed by atoms with Gasteiger partial charge in [-0.1, -0.05) is 37.3 Å². The second-order valence-corrected chi connectivity index (χ2v) is 4.05. The second kappa shape index (κ2) is 5.68. The maximum atomic E-state index is 5.87. The average molecular weight is 234 g/mol. The van der Waals surface area contributed by atoms with Crippen molar-refractivity contribution in [1.82, 2.24) is 0 Å². The summed E-state index contributed by atoms with van der Waals surface area (Å²) in [5, 5.41) is 0. The van der Waals surface area contributed by atoms with E-state index in [0.717, 1.165) is 12.0 Å². The lowest BCUT2D eigenvalue weighted by molar-refractivity contribution is 0.0294. The molecule has 0 saturated carbocycles. The lowest BCUT2D eigenvalue weighted by Crippen LogP contribution is -2.21. The maximum Gasteiger partial charge on any atom is 0.282 e. The van der Waals surface area contributed by atoms with Crippen molar-refractivity contribution in [2.75, 3.05) is 13.2 Å². The van der Waals surface area contributed by atoms with Crippen molar-refractivity contribution in [3.63, 3.8) is 0 Å². The van der Waals surface area contributed by atoms with E-state index in [1.807, 2.05) is 30.3 Å². The maximum absolute atomic E-state index is 5.87. The van der Waals surface area contributed by atoms with Crippen molar-refractivity contribution in [2.45, 2.75) is 25.5 Å². The van der Waals surface area contributed by atoms with E-state index in [9.17, 15) is 0 Å². The van der Waals surface area contributed by atoms with Crippen molar-refractivity contribution >= 4 is 6.02 Å². The quantitative estimate of drug-likeness (QED) is 0.846. The summed E-state index contributed by atoms with van der Waals surface area (Å²) in [5.41, 5.74) is 6.66. The number of hydrogen-bond acceptors (Lipinski definition) is 4. The van der Waals surface area contributed by atoms with Crippen LogP contribution in [-0.2, 0) is 9.47 Å². The fourth-order valence-electron chi connectivity index (χ4n) is 1.88. The Morgan fingerprint density at radius 3 is 2.82 bits per heavy atom. The molecule has 1 aromatic rings. The average Bonchev–Trinajstić information content (AvgIpc) is 2.78. The van der Waals surface area contributed by atoms with Crippen LogP contribution < -0.4 is 5.73 Å². The number of aliphatic imine (C=N–C) groups is 1. The summed E-state index contributed by atoms with van der Waals surface area (Å²) in [5.74, 6) is 0. The van der Waals surface area contributed by atoms with E-state index in [2.05, 4.69) is 11.9 Å².